The van der Waals surface area contributed by atoms with Crippen LogP contribution in [0.25, 0.3) is 0 Å². The molecule has 0 heterocycles. The highest BCUT2D eigenvalue weighted by Crippen LogP contribution is 2.40. The number of aldehydes is 1. The molecule has 0 fully saturated rings. The molecule has 2 atom stereocenters. The monoisotopic (exact) mass is 701 g/mol. The van der Waals surface area contributed by atoms with E-state index in [1.807, 2.05) is 0 Å². The van der Waals surface area contributed by atoms with Gasteiger partial charge in [0, 0.05) is 36.1 Å². The van der Waals surface area contributed by atoms with E-state index >= 15 is 0 Å². The van der Waals surface area contributed by atoms with E-state index in [4.69, 9.17) is 4.74 Å². The summed E-state index contributed by atoms with van der Waals surface area (Å²) in [4.78, 5) is 12.0. The van der Waals surface area contributed by atoms with Crippen molar-refractivity contribution < 1.29 is 53.4 Å². The number of hydrogen-bond donors (Lipinski definition) is 0. The van der Waals surface area contributed by atoms with Crippen LogP contribution in [0.15, 0.2) is 61.3 Å². The van der Waals surface area contributed by atoms with Crippen molar-refractivity contribution in [1.82, 2.24) is 4.90 Å². The van der Waals surface area contributed by atoms with Crippen LogP contribution in [0.5, 0.6) is 5.75 Å². The summed E-state index contributed by atoms with van der Waals surface area (Å²) >= 11 is 0. The lowest BCUT2D eigenvalue weighted by molar-refractivity contribution is -0.143. The molecule has 3 aromatic carbocycles. The van der Waals surface area contributed by atoms with Gasteiger partial charge in [0.25, 0.3) is 0 Å². The fourth-order valence-corrected chi connectivity index (χ4v) is 5.26. The van der Waals surface area contributed by atoms with E-state index in [1.165, 1.54) is 30.2 Å². The highest BCUT2D eigenvalue weighted by Gasteiger charge is 2.38. The van der Waals surface area contributed by atoms with E-state index in [1.54, 1.807) is 13.8 Å². The van der Waals surface area contributed by atoms with Gasteiger partial charge in [0.05, 0.1) is 23.3 Å². The zero-order valence-electron chi connectivity index (χ0n) is 26.7. The second-order valence-electron chi connectivity index (χ2n) is 11.3. The Morgan fingerprint density at radius 3 is 1.98 bits per heavy atom. The summed E-state index contributed by atoms with van der Waals surface area (Å²) in [5, 5.41) is 0. The third kappa shape index (κ3) is 10.3. The lowest BCUT2D eigenvalue weighted by Crippen LogP contribution is -2.33. The largest absolute Gasteiger partial charge is 0.490 e. The first-order valence-corrected chi connectivity index (χ1v) is 15.1. The van der Waals surface area contributed by atoms with Crippen LogP contribution in [0.1, 0.15) is 83.5 Å². The summed E-state index contributed by atoms with van der Waals surface area (Å²) in [5.74, 6) is 3.91. The van der Waals surface area contributed by atoms with Crippen molar-refractivity contribution in [3.05, 3.63) is 112 Å². The smallest absolute Gasteiger partial charge is 0.416 e. The third-order valence-electron chi connectivity index (χ3n) is 7.94. The number of alkyl halides is 9. The predicted molar refractivity (Wildman–Crippen MR) is 164 cm³/mol. The molecule has 13 heteroatoms. The van der Waals surface area contributed by atoms with Gasteiger partial charge in [-0.25, -0.2) is 4.39 Å². The van der Waals surface area contributed by atoms with Crippen molar-refractivity contribution in [3.8, 4) is 17.6 Å². The molecule has 3 nitrogen and oxygen atoms in total. The van der Waals surface area contributed by atoms with E-state index in [0.29, 0.717) is 36.0 Å². The number of halogens is 10. The molecule has 0 aliphatic carbocycles. The van der Waals surface area contributed by atoms with Gasteiger partial charge in [-0.1, -0.05) is 25.3 Å². The number of rotatable bonds is 12. The molecule has 0 bridgehead atoms. The average molecular weight is 702 g/mol. The molecule has 0 aliphatic rings. The number of carbonyl (C=O) groups is 1. The first-order valence-electron chi connectivity index (χ1n) is 15.1. The highest BCUT2D eigenvalue weighted by molar-refractivity contribution is 5.52. The van der Waals surface area contributed by atoms with Gasteiger partial charge in [-0.05, 0) is 98.1 Å². The number of benzene rings is 3. The lowest BCUT2D eigenvalue weighted by Gasteiger charge is -2.35. The standard InChI is InChI=1S/C36H33F10NO2/c1-5-31(26-16-29(35(41,42)43)20-30(17-26)36(44,45)46)23(4)47(6-2)21-27-18-28(34(38,39)40)12-11-24(27)9-10-25-19-33(32(37)15-22(25)3)49-14-8-7-13-48/h6,11-13,15-20,23,31H,2,5,7-8,14,21H2,1,3-4H3/t23-,31-/m0/s1. The maximum absolute atomic E-state index is 14.5. The Hall–Kier alpha value is -4.47. The summed E-state index contributed by atoms with van der Waals surface area (Å²) < 4.78 is 143. The average Bonchev–Trinajstić information content (AvgIpc) is 3.01. The fraction of sp³-hybridized carbons (Fsp3) is 0.361. The molecule has 3 rings (SSSR count). The molecule has 0 aliphatic heterocycles. The second-order valence-corrected chi connectivity index (χ2v) is 11.3. The number of aryl methyl sites for hydroxylation is 1. The Kier molecular flexibility index (Phi) is 12.6. The molecule has 0 aromatic heterocycles. The molecule has 0 radical (unpaired) electrons. The van der Waals surface area contributed by atoms with Gasteiger partial charge in [0.15, 0.2) is 11.6 Å². The summed E-state index contributed by atoms with van der Waals surface area (Å²) in [7, 11) is 0. The van der Waals surface area contributed by atoms with E-state index in [-0.39, 0.29) is 54.5 Å². The summed E-state index contributed by atoms with van der Waals surface area (Å²) in [6.07, 6.45) is -12.3. The maximum Gasteiger partial charge on any atom is 0.416 e. The molecule has 3 aromatic rings. The number of carbonyl (C=O) groups excluding carboxylic acids is 1. The van der Waals surface area contributed by atoms with E-state index in [0.717, 1.165) is 18.2 Å². The van der Waals surface area contributed by atoms with Crippen LogP contribution in [-0.4, -0.2) is 23.8 Å². The first-order chi connectivity index (χ1) is 22.8. The minimum Gasteiger partial charge on any atom is -0.490 e. The van der Waals surface area contributed by atoms with Crippen molar-refractivity contribution >= 4 is 6.29 Å². The molecule has 264 valence electrons. The Labute approximate surface area is 277 Å². The topological polar surface area (TPSA) is 29.5 Å². The number of nitrogens with zero attached hydrogens (tertiary/aromatic N) is 1. The van der Waals surface area contributed by atoms with E-state index in [9.17, 15) is 48.7 Å². The molecule has 0 spiro atoms. The van der Waals surface area contributed by atoms with Gasteiger partial charge in [0.2, 0.25) is 0 Å². The summed E-state index contributed by atoms with van der Waals surface area (Å²) in [6.45, 7) is 8.14. The van der Waals surface area contributed by atoms with Crippen molar-refractivity contribution in [3.63, 3.8) is 0 Å². The van der Waals surface area contributed by atoms with Crippen LogP contribution >= 0.6 is 0 Å². The number of unbranched alkanes of at least 4 members (excludes halogenated alkanes) is 1. The second kappa shape index (κ2) is 15.8. The Balaban J connectivity index is 2.06. The molecule has 0 saturated carbocycles. The summed E-state index contributed by atoms with van der Waals surface area (Å²) in [6, 6.07) is 5.83. The van der Waals surface area contributed by atoms with Crippen molar-refractivity contribution in [2.75, 3.05) is 6.61 Å². The fourth-order valence-electron chi connectivity index (χ4n) is 5.26. The van der Waals surface area contributed by atoms with Crippen LogP contribution in [-0.2, 0) is 29.9 Å². The van der Waals surface area contributed by atoms with Crippen molar-refractivity contribution in [1.29, 1.82) is 0 Å². The van der Waals surface area contributed by atoms with Crippen LogP contribution in [0.4, 0.5) is 43.9 Å². The molecule has 0 saturated heterocycles. The Bertz CT molecular complexity index is 1670. The van der Waals surface area contributed by atoms with Gasteiger partial charge in [-0.2, -0.15) is 39.5 Å². The Morgan fingerprint density at radius 2 is 1.45 bits per heavy atom. The molecule has 0 unspecified atom stereocenters. The van der Waals surface area contributed by atoms with E-state index in [2.05, 4.69) is 18.4 Å². The van der Waals surface area contributed by atoms with E-state index < -0.39 is 53.0 Å². The van der Waals surface area contributed by atoms with Gasteiger partial charge in [-0.15, -0.1) is 0 Å². The lowest BCUT2D eigenvalue weighted by atomic mass is 9.86. The van der Waals surface area contributed by atoms with Gasteiger partial charge >= 0.3 is 18.5 Å². The third-order valence-corrected chi connectivity index (χ3v) is 7.94. The quantitative estimate of drug-likeness (QED) is 0.0815. The molecular weight excluding hydrogens is 668 g/mol. The first kappa shape index (κ1) is 39.0. The van der Waals surface area contributed by atoms with Crippen molar-refractivity contribution in [2.24, 2.45) is 0 Å². The highest BCUT2D eigenvalue weighted by atomic mass is 19.4. The minimum atomic E-state index is -5.06. The number of ether oxygens (including phenoxy) is 1. The zero-order chi connectivity index (χ0) is 36.7. The SMILES string of the molecule is C=CN(Cc1cc(C(F)(F)F)ccc1C#Cc1cc(OCCCC=O)c(F)cc1C)[C@@H](C)[C@H](CC)c1cc(C(F)(F)F)cc(C(F)(F)F)c1. The normalized spacial score (nSPS) is 13.2. The van der Waals surface area contributed by atoms with Crippen LogP contribution in [0.3, 0.4) is 0 Å². The molecule has 0 amide bonds. The molecule has 49 heavy (non-hydrogen) atoms. The van der Waals surface area contributed by atoms with Gasteiger partial charge in [-0.3, -0.25) is 0 Å². The Morgan fingerprint density at radius 1 is 0.857 bits per heavy atom. The van der Waals surface area contributed by atoms with Gasteiger partial charge in [0.1, 0.15) is 6.29 Å². The zero-order valence-corrected chi connectivity index (χ0v) is 26.7. The maximum atomic E-state index is 14.5. The minimum absolute atomic E-state index is 0.0332. The summed E-state index contributed by atoms with van der Waals surface area (Å²) in [5.41, 5.74) is -3.31. The predicted octanol–water partition coefficient (Wildman–Crippen LogP) is 10.5. The molecule has 0 N–H and O–H groups in total. The van der Waals surface area contributed by atoms with Gasteiger partial charge < -0.3 is 14.4 Å². The van der Waals surface area contributed by atoms with Crippen LogP contribution < -0.4 is 4.74 Å². The molecular formula is C36H33F10NO2. The van der Waals surface area contributed by atoms with Crippen LogP contribution in [0, 0.1) is 24.6 Å². The van der Waals surface area contributed by atoms with Crippen LogP contribution in [0.2, 0.25) is 0 Å². The van der Waals surface area contributed by atoms with Crippen molar-refractivity contribution in [2.45, 2.75) is 77.1 Å². The number of hydrogen-bond acceptors (Lipinski definition) is 3.